The fourth-order valence-corrected chi connectivity index (χ4v) is 2.59. The van der Waals surface area contributed by atoms with Crippen molar-refractivity contribution >= 4 is 29.9 Å². The topological polar surface area (TPSA) is 75.4 Å². The molecule has 140 valence electrons. The third-order valence-electron chi connectivity index (χ3n) is 4.00. The minimum Gasteiger partial charge on any atom is -0.344 e. The number of nitrogens with one attached hydrogen (secondary N) is 1. The lowest BCUT2D eigenvalue weighted by atomic mass is 10.0. The zero-order valence-electron chi connectivity index (χ0n) is 14.9. The van der Waals surface area contributed by atoms with Crippen molar-refractivity contribution in [2.75, 3.05) is 18.5 Å². The summed E-state index contributed by atoms with van der Waals surface area (Å²) in [4.78, 5) is 26.7. The number of benzene rings is 2. The van der Waals surface area contributed by atoms with E-state index in [9.17, 15) is 9.59 Å². The molecule has 2 amide bonds. The number of nitrogens with two attached hydrogens (primary N) is 1. The third kappa shape index (κ3) is 6.50. The van der Waals surface area contributed by atoms with E-state index >= 15 is 0 Å². The Morgan fingerprint density at radius 3 is 2.19 bits per heavy atom. The molecule has 0 spiro atoms. The number of hydrogen-bond acceptors (Lipinski definition) is 3. The first kappa shape index (κ1) is 21.7. The summed E-state index contributed by atoms with van der Waals surface area (Å²) in [5.74, 6) is -0.294. The summed E-state index contributed by atoms with van der Waals surface area (Å²) < 4.78 is 0. The lowest BCUT2D eigenvalue weighted by Crippen LogP contribution is -2.48. The van der Waals surface area contributed by atoms with Gasteiger partial charge in [0.05, 0.1) is 0 Å². The fraction of sp³-hybridized carbons (Fsp3) is 0.300. The Morgan fingerprint density at radius 1 is 1.04 bits per heavy atom. The van der Waals surface area contributed by atoms with E-state index in [4.69, 9.17) is 5.73 Å². The van der Waals surface area contributed by atoms with E-state index in [0.717, 1.165) is 11.3 Å². The van der Waals surface area contributed by atoms with Crippen molar-refractivity contribution in [1.29, 1.82) is 0 Å². The number of amides is 2. The van der Waals surface area contributed by atoms with Gasteiger partial charge in [-0.05, 0) is 30.7 Å². The minimum atomic E-state index is -0.613. The molecule has 3 N–H and O–H groups in total. The van der Waals surface area contributed by atoms with Gasteiger partial charge in [0, 0.05) is 25.6 Å². The molecule has 0 radical (unpaired) electrons. The van der Waals surface area contributed by atoms with Crippen molar-refractivity contribution < 1.29 is 9.59 Å². The van der Waals surface area contributed by atoms with Gasteiger partial charge in [0.15, 0.2) is 0 Å². The lowest BCUT2D eigenvalue weighted by molar-refractivity contribution is -0.127. The highest BCUT2D eigenvalue weighted by Crippen LogP contribution is 2.14. The number of para-hydroxylation sites is 1. The number of nitrogens with zero attached hydrogens (tertiary/aromatic N) is 1. The Balaban J connectivity index is 0.00000338. The van der Waals surface area contributed by atoms with Gasteiger partial charge < -0.3 is 16.0 Å². The predicted octanol–water partition coefficient (Wildman–Crippen LogP) is 2.54. The number of carbonyl (C=O) groups excluding carboxylic acids is 2. The van der Waals surface area contributed by atoms with E-state index < -0.39 is 6.04 Å². The second-order valence-electron chi connectivity index (χ2n) is 5.93. The summed E-state index contributed by atoms with van der Waals surface area (Å²) >= 11 is 0. The molecular formula is C20H26ClN3O2. The molecule has 2 aromatic rings. The van der Waals surface area contributed by atoms with E-state index in [-0.39, 0.29) is 24.2 Å². The Hall–Kier alpha value is -2.37. The first-order valence-corrected chi connectivity index (χ1v) is 8.47. The Bertz CT molecular complexity index is 680. The molecule has 0 heterocycles. The summed E-state index contributed by atoms with van der Waals surface area (Å²) in [5, 5.41) is 2.87. The molecule has 0 unspecified atom stereocenters. The Labute approximate surface area is 161 Å². The molecule has 0 bridgehead atoms. The zero-order valence-corrected chi connectivity index (χ0v) is 15.7. The number of likely N-dealkylation sites (N-methyl/N-ethyl adjacent to an activating group) is 1. The summed E-state index contributed by atoms with van der Waals surface area (Å²) in [6.45, 7) is 0.453. The molecule has 2 aromatic carbocycles. The van der Waals surface area contributed by atoms with Gasteiger partial charge in [-0.2, -0.15) is 0 Å². The maximum atomic E-state index is 12.9. The zero-order chi connectivity index (χ0) is 18.1. The van der Waals surface area contributed by atoms with Crippen LogP contribution >= 0.6 is 12.4 Å². The van der Waals surface area contributed by atoms with E-state index in [2.05, 4.69) is 5.32 Å². The molecule has 0 aliphatic heterocycles. The smallest absolute Gasteiger partial charge is 0.249 e. The van der Waals surface area contributed by atoms with Crippen LogP contribution in [0.3, 0.4) is 0 Å². The summed E-state index contributed by atoms with van der Waals surface area (Å²) in [6.07, 6.45) is 1.38. The number of rotatable bonds is 8. The number of carbonyl (C=O) groups is 2. The third-order valence-corrected chi connectivity index (χ3v) is 4.00. The van der Waals surface area contributed by atoms with Crippen LogP contribution in [0.2, 0.25) is 0 Å². The molecule has 0 saturated heterocycles. The van der Waals surface area contributed by atoms with E-state index in [0.29, 0.717) is 25.8 Å². The normalized spacial score (nSPS) is 11.2. The first-order chi connectivity index (χ1) is 12.1. The van der Waals surface area contributed by atoms with Crippen molar-refractivity contribution in [3.63, 3.8) is 0 Å². The summed E-state index contributed by atoms with van der Waals surface area (Å²) in [7, 11) is 1.72. The second-order valence-corrected chi connectivity index (χ2v) is 5.93. The van der Waals surface area contributed by atoms with Crippen molar-refractivity contribution in [3.8, 4) is 0 Å². The van der Waals surface area contributed by atoms with E-state index in [1.807, 2.05) is 60.7 Å². The quantitative estimate of drug-likeness (QED) is 0.744. The van der Waals surface area contributed by atoms with Crippen molar-refractivity contribution in [3.05, 3.63) is 66.2 Å². The molecule has 5 nitrogen and oxygen atoms in total. The SMILES string of the molecule is CN(C(=O)[C@H](Cc1ccccc1)NC(=O)CCCN)c1ccccc1.Cl. The molecule has 0 aliphatic rings. The molecule has 6 heteroatoms. The van der Waals surface area contributed by atoms with Crippen LogP contribution in [0, 0.1) is 0 Å². The maximum absolute atomic E-state index is 12.9. The van der Waals surface area contributed by atoms with Crippen LogP contribution in [0.5, 0.6) is 0 Å². The van der Waals surface area contributed by atoms with E-state index in [1.54, 1.807) is 11.9 Å². The van der Waals surface area contributed by atoms with Gasteiger partial charge in [-0.15, -0.1) is 12.4 Å². The largest absolute Gasteiger partial charge is 0.344 e. The van der Waals surface area contributed by atoms with Gasteiger partial charge in [0.25, 0.3) is 0 Å². The van der Waals surface area contributed by atoms with Crippen LogP contribution in [-0.2, 0) is 16.0 Å². The van der Waals surface area contributed by atoms with Gasteiger partial charge in [-0.1, -0.05) is 48.5 Å². The molecule has 0 aromatic heterocycles. The highest BCUT2D eigenvalue weighted by atomic mass is 35.5. The van der Waals surface area contributed by atoms with Gasteiger partial charge in [0.2, 0.25) is 11.8 Å². The fourth-order valence-electron chi connectivity index (χ4n) is 2.59. The molecule has 2 rings (SSSR count). The highest BCUT2D eigenvalue weighted by Gasteiger charge is 2.25. The highest BCUT2D eigenvalue weighted by molar-refractivity contribution is 5.98. The molecule has 1 atom stereocenters. The number of hydrogen-bond donors (Lipinski definition) is 2. The predicted molar refractivity (Wildman–Crippen MR) is 107 cm³/mol. The van der Waals surface area contributed by atoms with Crippen LogP contribution in [0.15, 0.2) is 60.7 Å². The summed E-state index contributed by atoms with van der Waals surface area (Å²) in [6, 6.07) is 18.5. The first-order valence-electron chi connectivity index (χ1n) is 8.47. The van der Waals surface area contributed by atoms with Crippen molar-refractivity contribution in [2.24, 2.45) is 5.73 Å². The molecule has 0 fully saturated rings. The van der Waals surface area contributed by atoms with E-state index in [1.165, 1.54) is 0 Å². The average Bonchev–Trinajstić information content (AvgIpc) is 2.66. The summed E-state index contributed by atoms with van der Waals surface area (Å²) in [5.41, 5.74) is 7.25. The van der Waals surface area contributed by atoms with Gasteiger partial charge in [0.1, 0.15) is 6.04 Å². The van der Waals surface area contributed by atoms with Crippen molar-refractivity contribution in [1.82, 2.24) is 5.32 Å². The number of anilines is 1. The Kier molecular flexibility index (Phi) is 9.41. The lowest BCUT2D eigenvalue weighted by Gasteiger charge is -2.25. The second kappa shape index (κ2) is 11.3. The van der Waals surface area contributed by atoms with Crippen LogP contribution in [-0.4, -0.2) is 31.4 Å². The monoisotopic (exact) mass is 375 g/mol. The Morgan fingerprint density at radius 2 is 1.62 bits per heavy atom. The van der Waals surface area contributed by atoms with Gasteiger partial charge in [-0.25, -0.2) is 0 Å². The molecule has 0 aliphatic carbocycles. The number of halogens is 1. The average molecular weight is 376 g/mol. The maximum Gasteiger partial charge on any atom is 0.249 e. The standard InChI is InChI=1S/C20H25N3O2.ClH/c1-23(17-11-6-3-7-12-17)20(25)18(22-19(24)13-8-14-21)15-16-9-4-2-5-10-16;/h2-7,9-12,18H,8,13-15,21H2,1H3,(H,22,24);1H/t18-;/m0./s1. The van der Waals surface area contributed by atoms with Crippen LogP contribution in [0.1, 0.15) is 18.4 Å². The minimum absolute atomic E-state index is 0. The van der Waals surface area contributed by atoms with Crippen LogP contribution in [0.4, 0.5) is 5.69 Å². The molecule has 0 saturated carbocycles. The molecule has 26 heavy (non-hydrogen) atoms. The van der Waals surface area contributed by atoms with Gasteiger partial charge in [-0.3, -0.25) is 9.59 Å². The molecular weight excluding hydrogens is 350 g/mol. The van der Waals surface area contributed by atoms with Crippen molar-refractivity contribution in [2.45, 2.75) is 25.3 Å². The van der Waals surface area contributed by atoms with Crippen LogP contribution < -0.4 is 16.0 Å². The van der Waals surface area contributed by atoms with Gasteiger partial charge >= 0.3 is 0 Å². The van der Waals surface area contributed by atoms with Crippen LogP contribution in [0.25, 0.3) is 0 Å².